The third kappa shape index (κ3) is 1.31. The van der Waals surface area contributed by atoms with Gasteiger partial charge in [0.05, 0.1) is 0 Å². The minimum atomic E-state index is 0.0939. The maximum atomic E-state index is 2.43. The first kappa shape index (κ1) is 12.9. The van der Waals surface area contributed by atoms with E-state index in [1.54, 1.807) is 5.57 Å². The first-order valence-electron chi connectivity index (χ1n) is 7.97. The van der Waals surface area contributed by atoms with Crippen LogP contribution in [0.2, 0.25) is 0 Å². The van der Waals surface area contributed by atoms with Gasteiger partial charge >= 0.3 is 0 Å². The molecule has 0 N–H and O–H groups in total. The summed E-state index contributed by atoms with van der Waals surface area (Å²) in [7, 11) is 0. The van der Waals surface area contributed by atoms with Crippen LogP contribution in [0, 0.1) is 5.92 Å². The second kappa shape index (κ2) is 4.10. The van der Waals surface area contributed by atoms with Gasteiger partial charge in [-0.05, 0) is 53.5 Å². The van der Waals surface area contributed by atoms with Gasteiger partial charge in [0.15, 0.2) is 0 Å². The van der Waals surface area contributed by atoms with E-state index in [0.717, 1.165) is 0 Å². The van der Waals surface area contributed by atoms with Crippen LogP contribution < -0.4 is 0 Å². The van der Waals surface area contributed by atoms with Gasteiger partial charge in [0.25, 0.3) is 0 Å². The smallest absolute Gasteiger partial charge is 0.0454 e. The van der Waals surface area contributed by atoms with Crippen LogP contribution in [0.4, 0.5) is 0 Å². The van der Waals surface area contributed by atoms with Gasteiger partial charge in [-0.2, -0.15) is 0 Å². The van der Waals surface area contributed by atoms with Crippen LogP contribution in [0.5, 0.6) is 0 Å². The predicted molar refractivity (Wildman–Crippen MR) is 89.5 cm³/mol. The summed E-state index contributed by atoms with van der Waals surface area (Å²) in [6.07, 6.45) is 0. The lowest BCUT2D eigenvalue weighted by atomic mass is 9.67. The zero-order valence-corrected chi connectivity index (χ0v) is 13.3. The van der Waals surface area contributed by atoms with Gasteiger partial charge in [0.2, 0.25) is 0 Å². The van der Waals surface area contributed by atoms with Gasteiger partial charge in [0.1, 0.15) is 0 Å². The van der Waals surface area contributed by atoms with Crippen molar-refractivity contribution in [1.82, 2.24) is 0 Å². The Labute approximate surface area is 127 Å². The van der Waals surface area contributed by atoms with Crippen molar-refractivity contribution in [2.75, 3.05) is 0 Å². The Hall–Kier alpha value is -1.82. The quantitative estimate of drug-likeness (QED) is 0.592. The summed E-state index contributed by atoms with van der Waals surface area (Å²) in [5.41, 5.74) is 9.15. The summed E-state index contributed by atoms with van der Waals surface area (Å²) < 4.78 is 0. The molecule has 21 heavy (non-hydrogen) atoms. The molecule has 0 saturated heterocycles. The summed E-state index contributed by atoms with van der Waals surface area (Å²) in [6.45, 7) is 9.47. The molecule has 0 saturated carbocycles. The fourth-order valence-electron chi connectivity index (χ4n) is 4.93. The number of allylic oxidation sites excluding steroid dienone is 2. The Morgan fingerprint density at radius 1 is 0.810 bits per heavy atom. The minimum absolute atomic E-state index is 0.0939. The standard InChI is InChI=1S/C21H22/c1-13-15(3)21(19-11-7-5-9-17(13)19)16(4)14(2)18-10-6-8-12-20(18)21/h5-13,15H,1-4H3/t13-,15+,21?/m0/s1. The highest BCUT2D eigenvalue weighted by Crippen LogP contribution is 2.62. The van der Waals surface area contributed by atoms with Crippen LogP contribution in [0.25, 0.3) is 5.57 Å². The van der Waals surface area contributed by atoms with E-state index in [9.17, 15) is 0 Å². The lowest BCUT2D eigenvalue weighted by molar-refractivity contribution is 0.393. The molecule has 1 unspecified atom stereocenters. The Morgan fingerprint density at radius 3 is 2.19 bits per heavy atom. The zero-order valence-electron chi connectivity index (χ0n) is 13.3. The fourth-order valence-corrected chi connectivity index (χ4v) is 4.93. The average Bonchev–Trinajstić information content (AvgIpc) is 2.89. The minimum Gasteiger partial charge on any atom is -0.0620 e. The summed E-state index contributed by atoms with van der Waals surface area (Å²) >= 11 is 0. The molecule has 0 aliphatic heterocycles. The molecule has 2 aromatic rings. The molecule has 2 aliphatic rings. The number of rotatable bonds is 0. The van der Waals surface area contributed by atoms with Crippen LogP contribution >= 0.6 is 0 Å². The van der Waals surface area contributed by atoms with E-state index >= 15 is 0 Å². The van der Waals surface area contributed by atoms with Crippen LogP contribution in [-0.2, 0) is 5.41 Å². The molecule has 2 aromatic carbocycles. The number of hydrogen-bond donors (Lipinski definition) is 0. The second-order valence-corrected chi connectivity index (χ2v) is 6.77. The van der Waals surface area contributed by atoms with E-state index in [1.807, 2.05) is 0 Å². The topological polar surface area (TPSA) is 0 Å². The van der Waals surface area contributed by atoms with Crippen LogP contribution in [0.15, 0.2) is 54.1 Å². The summed E-state index contributed by atoms with van der Waals surface area (Å²) in [6, 6.07) is 18.1. The lowest BCUT2D eigenvalue weighted by Crippen LogP contribution is -2.31. The van der Waals surface area contributed by atoms with E-state index in [1.165, 1.54) is 27.8 Å². The maximum absolute atomic E-state index is 2.43. The highest BCUT2D eigenvalue weighted by atomic mass is 14.6. The molecule has 0 heterocycles. The summed E-state index contributed by atoms with van der Waals surface area (Å²) in [4.78, 5) is 0. The molecule has 0 aromatic heterocycles. The van der Waals surface area contributed by atoms with Crippen molar-refractivity contribution in [2.24, 2.45) is 5.92 Å². The van der Waals surface area contributed by atoms with Crippen molar-refractivity contribution in [2.45, 2.75) is 39.0 Å². The van der Waals surface area contributed by atoms with Crippen LogP contribution in [0.3, 0.4) is 0 Å². The first-order chi connectivity index (χ1) is 10.1. The number of hydrogen-bond acceptors (Lipinski definition) is 0. The molecule has 0 radical (unpaired) electrons. The largest absolute Gasteiger partial charge is 0.0620 e. The van der Waals surface area contributed by atoms with Crippen molar-refractivity contribution < 1.29 is 0 Å². The molecular weight excluding hydrogens is 252 g/mol. The lowest BCUT2D eigenvalue weighted by Gasteiger charge is -2.35. The average molecular weight is 274 g/mol. The third-order valence-electron chi connectivity index (χ3n) is 6.22. The Morgan fingerprint density at radius 2 is 1.43 bits per heavy atom. The predicted octanol–water partition coefficient (Wildman–Crippen LogP) is 5.53. The Kier molecular flexibility index (Phi) is 2.52. The third-order valence-corrected chi connectivity index (χ3v) is 6.22. The molecular formula is C21H22. The van der Waals surface area contributed by atoms with Gasteiger partial charge in [-0.25, -0.2) is 0 Å². The summed E-state index contributed by atoms with van der Waals surface area (Å²) in [5.74, 6) is 1.21. The molecule has 0 bridgehead atoms. The normalized spacial score (nSPS) is 29.9. The van der Waals surface area contributed by atoms with Crippen molar-refractivity contribution in [1.29, 1.82) is 0 Å². The van der Waals surface area contributed by atoms with E-state index in [0.29, 0.717) is 11.8 Å². The van der Waals surface area contributed by atoms with Crippen molar-refractivity contribution >= 4 is 5.57 Å². The van der Waals surface area contributed by atoms with Crippen LogP contribution in [0.1, 0.15) is 55.9 Å². The van der Waals surface area contributed by atoms with E-state index in [-0.39, 0.29) is 5.41 Å². The molecule has 106 valence electrons. The van der Waals surface area contributed by atoms with Crippen LogP contribution in [-0.4, -0.2) is 0 Å². The monoisotopic (exact) mass is 274 g/mol. The highest BCUT2D eigenvalue weighted by Gasteiger charge is 2.54. The van der Waals surface area contributed by atoms with Crippen molar-refractivity contribution in [3.05, 3.63) is 76.4 Å². The van der Waals surface area contributed by atoms with Gasteiger partial charge in [-0.1, -0.05) is 68.0 Å². The van der Waals surface area contributed by atoms with Gasteiger partial charge in [0, 0.05) is 5.41 Å². The van der Waals surface area contributed by atoms with Gasteiger partial charge in [-0.3, -0.25) is 0 Å². The zero-order chi connectivity index (χ0) is 14.8. The molecule has 4 rings (SSSR count). The summed E-state index contributed by atoms with van der Waals surface area (Å²) in [5, 5.41) is 0. The SMILES string of the molecule is CC1=C(C)C2(c3ccccc31)c1ccccc1[C@@H](C)[C@H]2C. The molecule has 0 nitrogen and oxygen atoms in total. The molecule has 2 aliphatic carbocycles. The van der Waals surface area contributed by atoms with Gasteiger partial charge < -0.3 is 0 Å². The molecule has 3 atom stereocenters. The van der Waals surface area contributed by atoms with Crippen molar-refractivity contribution in [3.8, 4) is 0 Å². The maximum Gasteiger partial charge on any atom is 0.0454 e. The first-order valence-corrected chi connectivity index (χ1v) is 7.97. The Balaban J connectivity index is 2.13. The number of fused-ring (bicyclic) bond motifs is 4. The van der Waals surface area contributed by atoms with E-state index in [2.05, 4.69) is 76.2 Å². The van der Waals surface area contributed by atoms with E-state index in [4.69, 9.17) is 0 Å². The molecule has 0 fully saturated rings. The second-order valence-electron chi connectivity index (χ2n) is 6.77. The van der Waals surface area contributed by atoms with Gasteiger partial charge in [-0.15, -0.1) is 0 Å². The van der Waals surface area contributed by atoms with Crippen molar-refractivity contribution in [3.63, 3.8) is 0 Å². The highest BCUT2D eigenvalue weighted by molar-refractivity contribution is 5.82. The molecule has 0 amide bonds. The molecule has 0 heteroatoms. The molecule has 1 spiro atoms. The fraction of sp³-hybridized carbons (Fsp3) is 0.333. The Bertz CT molecular complexity index is 765. The van der Waals surface area contributed by atoms with E-state index < -0.39 is 0 Å². The number of benzene rings is 2.